The predicted molar refractivity (Wildman–Crippen MR) is 85.3 cm³/mol. The summed E-state index contributed by atoms with van der Waals surface area (Å²) in [5.41, 5.74) is 0.633. The zero-order valence-electron chi connectivity index (χ0n) is 13.7. The molecular weight excluding hydrogens is 332 g/mol. The van der Waals surface area contributed by atoms with Gasteiger partial charge < -0.3 is 14.2 Å². The second-order valence-corrected chi connectivity index (χ2v) is 9.79. The van der Waals surface area contributed by atoms with Crippen LogP contribution in [0.15, 0.2) is 10.6 Å². The molecule has 3 heterocycles. The maximum absolute atomic E-state index is 12.6. The Balaban J connectivity index is 1.43. The maximum Gasteiger partial charge on any atom is 0.292 e. The summed E-state index contributed by atoms with van der Waals surface area (Å²) < 4.78 is 35.0. The topological polar surface area (TPSA) is 89.7 Å². The van der Waals surface area contributed by atoms with E-state index in [0.29, 0.717) is 24.6 Å². The minimum Gasteiger partial charge on any atom is -0.381 e. The molecule has 1 aliphatic carbocycles. The number of carbonyl (C=O) groups excluding carboxylic acids is 1. The van der Waals surface area contributed by atoms with Crippen molar-refractivity contribution >= 4 is 15.7 Å². The standard InChI is InChI=1S/C16H22N2O5S/c1-11-6-14(23-17-11)15(19)18-9-16(10-18)13(4-5-24(16,20)21)8-22-7-12-2-3-12/h6,12-13H,2-5,7-10H2,1H3/t13-/m1/s1. The van der Waals surface area contributed by atoms with E-state index in [1.54, 1.807) is 13.0 Å². The summed E-state index contributed by atoms with van der Waals surface area (Å²) in [7, 11) is -3.20. The summed E-state index contributed by atoms with van der Waals surface area (Å²) in [5, 5.41) is 3.71. The van der Waals surface area contributed by atoms with Gasteiger partial charge in [-0.05, 0) is 32.1 Å². The number of amides is 1. The highest BCUT2D eigenvalue weighted by molar-refractivity contribution is 7.93. The molecular formula is C16H22N2O5S. The average Bonchev–Trinajstić information content (AvgIpc) is 3.14. The number of rotatable bonds is 5. The van der Waals surface area contributed by atoms with Crippen LogP contribution in [0, 0.1) is 18.8 Å². The van der Waals surface area contributed by atoms with Gasteiger partial charge in [0.25, 0.3) is 5.91 Å². The number of nitrogens with zero attached hydrogens (tertiary/aromatic N) is 2. The SMILES string of the molecule is Cc1cc(C(=O)N2CC3(C2)[C@@H](COCC2CC2)CCS3(=O)=O)on1. The van der Waals surface area contributed by atoms with E-state index in [-0.39, 0.29) is 36.4 Å². The average molecular weight is 354 g/mol. The lowest BCUT2D eigenvalue weighted by Crippen LogP contribution is -2.68. The Morgan fingerprint density at radius 1 is 1.38 bits per heavy atom. The lowest BCUT2D eigenvalue weighted by molar-refractivity contribution is 0.0206. The third-order valence-electron chi connectivity index (χ3n) is 5.51. The molecule has 0 aromatic carbocycles. The van der Waals surface area contributed by atoms with Crippen molar-refractivity contribution in [2.24, 2.45) is 11.8 Å². The first-order valence-electron chi connectivity index (χ1n) is 8.44. The molecule has 2 aliphatic heterocycles. The third-order valence-corrected chi connectivity index (χ3v) is 8.11. The molecule has 4 rings (SSSR count). The van der Waals surface area contributed by atoms with Crippen LogP contribution in [0.2, 0.25) is 0 Å². The first-order valence-corrected chi connectivity index (χ1v) is 10.1. The largest absolute Gasteiger partial charge is 0.381 e. The van der Waals surface area contributed by atoms with Gasteiger partial charge in [-0.15, -0.1) is 0 Å². The Morgan fingerprint density at radius 2 is 2.12 bits per heavy atom. The Hall–Kier alpha value is -1.41. The second kappa shape index (κ2) is 5.56. The predicted octanol–water partition coefficient (Wildman–Crippen LogP) is 1.04. The quantitative estimate of drug-likeness (QED) is 0.785. The number of sulfone groups is 1. The van der Waals surface area contributed by atoms with Crippen LogP contribution >= 0.6 is 0 Å². The lowest BCUT2D eigenvalue weighted by Gasteiger charge is -2.49. The van der Waals surface area contributed by atoms with E-state index in [9.17, 15) is 13.2 Å². The molecule has 1 spiro atoms. The van der Waals surface area contributed by atoms with Gasteiger partial charge in [0.2, 0.25) is 5.76 Å². The number of carbonyl (C=O) groups is 1. The molecule has 1 atom stereocenters. The summed E-state index contributed by atoms with van der Waals surface area (Å²) in [4.78, 5) is 13.9. The molecule has 2 saturated heterocycles. The Morgan fingerprint density at radius 3 is 2.75 bits per heavy atom. The molecule has 0 N–H and O–H groups in total. The summed E-state index contributed by atoms with van der Waals surface area (Å²) in [6.07, 6.45) is 3.05. The van der Waals surface area contributed by atoms with Gasteiger partial charge in [-0.25, -0.2) is 8.42 Å². The van der Waals surface area contributed by atoms with Crippen LogP contribution in [0.5, 0.6) is 0 Å². The normalized spacial score (nSPS) is 27.4. The molecule has 0 radical (unpaired) electrons. The summed E-state index contributed by atoms with van der Waals surface area (Å²) in [6, 6.07) is 1.58. The van der Waals surface area contributed by atoms with Gasteiger partial charge in [-0.2, -0.15) is 0 Å². The van der Waals surface area contributed by atoms with Crippen LogP contribution in [0.3, 0.4) is 0 Å². The molecule has 1 aromatic heterocycles. The van der Waals surface area contributed by atoms with Gasteiger partial charge in [0.1, 0.15) is 4.75 Å². The highest BCUT2D eigenvalue weighted by Gasteiger charge is 2.62. The third kappa shape index (κ3) is 2.56. The number of likely N-dealkylation sites (tertiary alicyclic amines) is 1. The first-order chi connectivity index (χ1) is 11.4. The molecule has 7 nitrogen and oxygen atoms in total. The first kappa shape index (κ1) is 16.1. The van der Waals surface area contributed by atoms with Gasteiger partial charge in [0.05, 0.1) is 18.1 Å². The van der Waals surface area contributed by atoms with E-state index in [1.807, 2.05) is 0 Å². The zero-order chi connectivity index (χ0) is 16.9. The van der Waals surface area contributed by atoms with Crippen molar-refractivity contribution in [2.45, 2.75) is 30.9 Å². The molecule has 24 heavy (non-hydrogen) atoms. The van der Waals surface area contributed by atoms with Crippen molar-refractivity contribution in [1.29, 1.82) is 0 Å². The molecule has 1 aromatic rings. The second-order valence-electron chi connectivity index (χ2n) is 7.34. The van der Waals surface area contributed by atoms with Crippen molar-refractivity contribution in [3.8, 4) is 0 Å². The Labute approximate surface area is 141 Å². The van der Waals surface area contributed by atoms with Gasteiger partial charge >= 0.3 is 0 Å². The Kier molecular flexibility index (Phi) is 3.72. The van der Waals surface area contributed by atoms with Crippen molar-refractivity contribution in [3.05, 3.63) is 17.5 Å². The van der Waals surface area contributed by atoms with E-state index < -0.39 is 14.6 Å². The fourth-order valence-corrected chi connectivity index (χ4v) is 6.13. The Bertz CT molecular complexity index is 746. The van der Waals surface area contributed by atoms with Crippen LogP contribution in [0.25, 0.3) is 0 Å². The zero-order valence-corrected chi connectivity index (χ0v) is 14.5. The number of aromatic nitrogens is 1. The fraction of sp³-hybridized carbons (Fsp3) is 0.750. The smallest absolute Gasteiger partial charge is 0.292 e. The van der Waals surface area contributed by atoms with E-state index in [1.165, 1.54) is 17.7 Å². The van der Waals surface area contributed by atoms with Crippen molar-refractivity contribution < 1.29 is 22.5 Å². The minimum atomic E-state index is -3.20. The van der Waals surface area contributed by atoms with E-state index in [0.717, 1.165) is 6.61 Å². The van der Waals surface area contributed by atoms with E-state index >= 15 is 0 Å². The number of hydrogen-bond acceptors (Lipinski definition) is 6. The van der Waals surface area contributed by atoms with Crippen LogP contribution in [-0.2, 0) is 14.6 Å². The minimum absolute atomic E-state index is 0.0261. The van der Waals surface area contributed by atoms with E-state index in [4.69, 9.17) is 9.26 Å². The monoisotopic (exact) mass is 354 g/mol. The molecule has 1 saturated carbocycles. The molecule has 8 heteroatoms. The van der Waals surface area contributed by atoms with Crippen LogP contribution in [0.4, 0.5) is 0 Å². The summed E-state index contributed by atoms with van der Waals surface area (Å²) >= 11 is 0. The fourth-order valence-electron chi connectivity index (χ4n) is 3.73. The van der Waals surface area contributed by atoms with Crippen LogP contribution in [0.1, 0.15) is 35.5 Å². The van der Waals surface area contributed by atoms with Gasteiger partial charge in [0.15, 0.2) is 9.84 Å². The van der Waals surface area contributed by atoms with Gasteiger partial charge in [-0.1, -0.05) is 5.16 Å². The van der Waals surface area contributed by atoms with Crippen molar-refractivity contribution in [1.82, 2.24) is 10.1 Å². The molecule has 1 amide bonds. The van der Waals surface area contributed by atoms with Gasteiger partial charge in [-0.3, -0.25) is 4.79 Å². The lowest BCUT2D eigenvalue weighted by atomic mass is 9.83. The van der Waals surface area contributed by atoms with Crippen LogP contribution < -0.4 is 0 Å². The number of hydrogen-bond donors (Lipinski definition) is 0. The molecule has 132 valence electrons. The van der Waals surface area contributed by atoms with Crippen molar-refractivity contribution in [2.75, 3.05) is 32.1 Å². The highest BCUT2D eigenvalue weighted by Crippen LogP contribution is 2.45. The molecule has 0 unspecified atom stereocenters. The number of ether oxygens (including phenoxy) is 1. The van der Waals surface area contributed by atoms with Crippen molar-refractivity contribution in [3.63, 3.8) is 0 Å². The van der Waals surface area contributed by atoms with Gasteiger partial charge in [0, 0.05) is 31.7 Å². The maximum atomic E-state index is 12.6. The molecule has 3 fully saturated rings. The molecule has 3 aliphatic rings. The summed E-state index contributed by atoms with van der Waals surface area (Å²) in [6.45, 7) is 3.40. The molecule has 0 bridgehead atoms. The number of aryl methyl sites for hydroxylation is 1. The summed E-state index contributed by atoms with van der Waals surface area (Å²) in [5.74, 6) is 0.698. The highest BCUT2D eigenvalue weighted by atomic mass is 32.2. The van der Waals surface area contributed by atoms with E-state index in [2.05, 4.69) is 5.16 Å². The van der Waals surface area contributed by atoms with Crippen LogP contribution in [-0.4, -0.2) is 61.2 Å².